The first-order chi connectivity index (χ1) is 14.9. The Labute approximate surface area is 178 Å². The Morgan fingerprint density at radius 2 is 1.94 bits per heavy atom. The smallest absolute Gasteiger partial charge is 0.229 e. The van der Waals surface area contributed by atoms with Crippen molar-refractivity contribution in [1.82, 2.24) is 30.1 Å². The molecule has 0 saturated carbocycles. The SMILES string of the molecule is CC(C)(C)C(=O)Nc1cncc(-c2cc3c(-c4cc5cccnc5[nH]4)n[nH]c3cn2)c1. The van der Waals surface area contributed by atoms with Gasteiger partial charge in [0.05, 0.1) is 35.0 Å². The van der Waals surface area contributed by atoms with E-state index in [-0.39, 0.29) is 5.91 Å². The Morgan fingerprint density at radius 1 is 1.06 bits per heavy atom. The second kappa shape index (κ2) is 7.02. The Balaban J connectivity index is 1.54. The van der Waals surface area contributed by atoms with E-state index >= 15 is 0 Å². The molecule has 0 fully saturated rings. The molecule has 8 nitrogen and oxygen atoms in total. The third kappa shape index (κ3) is 3.52. The molecule has 0 aliphatic carbocycles. The van der Waals surface area contributed by atoms with Crippen LogP contribution in [0.1, 0.15) is 20.8 Å². The summed E-state index contributed by atoms with van der Waals surface area (Å²) in [4.78, 5) is 28.8. The highest BCUT2D eigenvalue weighted by molar-refractivity contribution is 5.97. The summed E-state index contributed by atoms with van der Waals surface area (Å²) in [7, 11) is 0. The molecule has 5 rings (SSSR count). The average Bonchev–Trinajstić information content (AvgIpc) is 3.36. The van der Waals surface area contributed by atoms with Gasteiger partial charge in [-0.15, -0.1) is 0 Å². The number of amides is 1. The zero-order valence-electron chi connectivity index (χ0n) is 17.4. The van der Waals surface area contributed by atoms with Crippen LogP contribution in [0.5, 0.6) is 0 Å². The number of anilines is 1. The first-order valence-electron chi connectivity index (χ1n) is 9.93. The molecule has 154 valence electrons. The van der Waals surface area contributed by atoms with Crippen LogP contribution in [-0.2, 0) is 4.79 Å². The lowest BCUT2D eigenvalue weighted by Gasteiger charge is -2.17. The molecule has 0 bridgehead atoms. The van der Waals surface area contributed by atoms with Crippen molar-refractivity contribution in [2.24, 2.45) is 5.41 Å². The second-order valence-electron chi connectivity index (χ2n) is 8.48. The summed E-state index contributed by atoms with van der Waals surface area (Å²) in [5.74, 6) is -0.0700. The Morgan fingerprint density at radius 3 is 2.74 bits per heavy atom. The van der Waals surface area contributed by atoms with E-state index in [9.17, 15) is 4.79 Å². The number of nitrogens with zero attached hydrogens (tertiary/aromatic N) is 4. The molecule has 5 aromatic rings. The number of hydrogen-bond donors (Lipinski definition) is 3. The highest BCUT2D eigenvalue weighted by Gasteiger charge is 2.21. The van der Waals surface area contributed by atoms with Crippen molar-refractivity contribution in [2.75, 3.05) is 5.32 Å². The van der Waals surface area contributed by atoms with Gasteiger partial charge in [-0.1, -0.05) is 20.8 Å². The van der Waals surface area contributed by atoms with Crippen molar-refractivity contribution in [3.63, 3.8) is 0 Å². The number of pyridine rings is 3. The van der Waals surface area contributed by atoms with Crippen LogP contribution in [-0.4, -0.2) is 36.0 Å². The molecule has 3 N–H and O–H groups in total. The molecule has 1 amide bonds. The van der Waals surface area contributed by atoms with Crippen LogP contribution in [0.3, 0.4) is 0 Å². The van der Waals surface area contributed by atoms with E-state index in [1.165, 1.54) is 0 Å². The molecule has 5 aromatic heterocycles. The Bertz CT molecular complexity index is 1390. The molecular weight excluding hydrogens is 390 g/mol. The molecule has 0 unspecified atom stereocenters. The van der Waals surface area contributed by atoms with Crippen LogP contribution in [0, 0.1) is 5.41 Å². The van der Waals surface area contributed by atoms with Crippen LogP contribution in [0.4, 0.5) is 5.69 Å². The minimum absolute atomic E-state index is 0.0700. The number of fused-ring (bicyclic) bond motifs is 2. The third-order valence-corrected chi connectivity index (χ3v) is 5.07. The van der Waals surface area contributed by atoms with E-state index < -0.39 is 5.41 Å². The van der Waals surface area contributed by atoms with Gasteiger partial charge in [0.1, 0.15) is 11.3 Å². The molecule has 5 heterocycles. The van der Waals surface area contributed by atoms with Crippen molar-refractivity contribution < 1.29 is 4.79 Å². The Hall–Kier alpha value is -4.07. The van der Waals surface area contributed by atoms with Gasteiger partial charge in [-0.2, -0.15) is 5.10 Å². The van der Waals surface area contributed by atoms with E-state index in [2.05, 4.69) is 35.5 Å². The fourth-order valence-corrected chi connectivity index (χ4v) is 3.33. The van der Waals surface area contributed by atoms with Crippen molar-refractivity contribution in [2.45, 2.75) is 20.8 Å². The molecule has 8 heteroatoms. The number of nitrogens with one attached hydrogen (secondary N) is 3. The lowest BCUT2D eigenvalue weighted by atomic mass is 9.95. The van der Waals surface area contributed by atoms with Crippen LogP contribution < -0.4 is 5.32 Å². The van der Waals surface area contributed by atoms with Crippen LogP contribution in [0.2, 0.25) is 0 Å². The first kappa shape index (κ1) is 18.9. The molecule has 0 radical (unpaired) electrons. The van der Waals surface area contributed by atoms with Crippen LogP contribution in [0.15, 0.2) is 55.1 Å². The maximum Gasteiger partial charge on any atom is 0.229 e. The maximum absolute atomic E-state index is 12.3. The van der Waals surface area contributed by atoms with Gasteiger partial charge in [0.2, 0.25) is 5.91 Å². The normalized spacial score (nSPS) is 11.8. The molecule has 0 saturated heterocycles. The summed E-state index contributed by atoms with van der Waals surface area (Å²) in [5, 5.41) is 12.4. The molecule has 0 atom stereocenters. The highest BCUT2D eigenvalue weighted by Crippen LogP contribution is 2.30. The minimum Gasteiger partial charge on any atom is -0.338 e. The fourth-order valence-electron chi connectivity index (χ4n) is 3.33. The number of rotatable bonds is 3. The van der Waals surface area contributed by atoms with Gasteiger partial charge in [-0.3, -0.25) is 19.9 Å². The van der Waals surface area contributed by atoms with E-state index in [1.807, 2.05) is 51.1 Å². The maximum atomic E-state index is 12.3. The zero-order chi connectivity index (χ0) is 21.6. The molecular formula is C23H21N7O. The lowest BCUT2D eigenvalue weighted by Crippen LogP contribution is -2.27. The lowest BCUT2D eigenvalue weighted by molar-refractivity contribution is -0.123. The number of hydrogen-bond acceptors (Lipinski definition) is 5. The second-order valence-corrected chi connectivity index (χ2v) is 8.48. The Kier molecular flexibility index (Phi) is 4.28. The molecule has 0 aliphatic rings. The highest BCUT2D eigenvalue weighted by atomic mass is 16.2. The van der Waals surface area contributed by atoms with Crippen LogP contribution in [0.25, 0.3) is 44.6 Å². The molecule has 0 spiro atoms. The van der Waals surface area contributed by atoms with Crippen molar-refractivity contribution in [3.05, 3.63) is 55.1 Å². The minimum atomic E-state index is -0.493. The number of H-pyrrole nitrogens is 2. The van der Waals surface area contributed by atoms with Gasteiger partial charge < -0.3 is 10.3 Å². The first-order valence-corrected chi connectivity index (χ1v) is 9.93. The fraction of sp³-hybridized carbons (Fsp3) is 0.174. The monoisotopic (exact) mass is 411 g/mol. The van der Waals surface area contributed by atoms with Gasteiger partial charge in [0.25, 0.3) is 0 Å². The predicted octanol–water partition coefficient (Wildman–Crippen LogP) is 4.55. The van der Waals surface area contributed by atoms with E-state index in [0.29, 0.717) is 5.69 Å². The van der Waals surface area contributed by atoms with Crippen LogP contribution >= 0.6 is 0 Å². The summed E-state index contributed by atoms with van der Waals surface area (Å²) in [5.41, 5.74) is 5.00. The molecule has 31 heavy (non-hydrogen) atoms. The summed E-state index contributed by atoms with van der Waals surface area (Å²) >= 11 is 0. The number of aromatic nitrogens is 6. The molecule has 0 aromatic carbocycles. The van der Waals surface area contributed by atoms with Crippen molar-refractivity contribution >= 4 is 33.5 Å². The van der Waals surface area contributed by atoms with E-state index in [0.717, 1.165) is 44.6 Å². The largest absolute Gasteiger partial charge is 0.338 e. The van der Waals surface area contributed by atoms with Crippen molar-refractivity contribution in [3.8, 4) is 22.6 Å². The van der Waals surface area contributed by atoms with Gasteiger partial charge in [0.15, 0.2) is 0 Å². The number of carbonyl (C=O) groups excluding carboxylic acids is 1. The van der Waals surface area contributed by atoms with Crippen molar-refractivity contribution in [1.29, 1.82) is 0 Å². The molecule has 0 aliphatic heterocycles. The van der Waals surface area contributed by atoms with Gasteiger partial charge in [-0.25, -0.2) is 4.98 Å². The topological polar surface area (TPSA) is 112 Å². The summed E-state index contributed by atoms with van der Waals surface area (Å²) in [6.45, 7) is 5.61. The van der Waals surface area contributed by atoms with Gasteiger partial charge in [0, 0.05) is 34.1 Å². The third-order valence-electron chi connectivity index (χ3n) is 5.07. The quantitative estimate of drug-likeness (QED) is 0.403. The summed E-state index contributed by atoms with van der Waals surface area (Å²) in [6.07, 6.45) is 6.87. The summed E-state index contributed by atoms with van der Waals surface area (Å²) < 4.78 is 0. The standard InChI is InChI=1S/C23H21N7O/c1-23(2,3)22(31)27-15-7-14(10-24-11-15)17-9-16-19(12-26-17)29-30-20(16)18-8-13-5-4-6-25-21(13)28-18/h4-12H,1-3H3,(H,25,28)(H,27,31)(H,29,30). The predicted molar refractivity (Wildman–Crippen MR) is 120 cm³/mol. The van der Waals surface area contributed by atoms with E-state index in [4.69, 9.17) is 0 Å². The van der Waals surface area contributed by atoms with Gasteiger partial charge >= 0.3 is 0 Å². The average molecular weight is 411 g/mol. The summed E-state index contributed by atoms with van der Waals surface area (Å²) in [6, 6.07) is 9.79. The number of carbonyl (C=O) groups is 1. The van der Waals surface area contributed by atoms with E-state index in [1.54, 1.807) is 24.8 Å². The zero-order valence-corrected chi connectivity index (χ0v) is 17.4. The van der Waals surface area contributed by atoms with Gasteiger partial charge in [-0.05, 0) is 30.3 Å². The number of aromatic amines is 2.